The fourth-order valence-corrected chi connectivity index (χ4v) is 8.60. The molecule has 8 aromatic carbocycles. The van der Waals surface area contributed by atoms with Crippen LogP contribution in [0, 0.1) is 0 Å². The van der Waals surface area contributed by atoms with E-state index in [0.717, 1.165) is 12.8 Å². The molecule has 0 bridgehead atoms. The van der Waals surface area contributed by atoms with Gasteiger partial charge in [-0.15, -0.1) is 0 Å². The molecule has 48 heavy (non-hydrogen) atoms. The highest BCUT2D eigenvalue weighted by Gasteiger charge is 2.34. The molecular weight excluding hydrogens is 577 g/mol. The zero-order valence-electron chi connectivity index (χ0n) is 26.6. The van der Waals surface area contributed by atoms with Crippen molar-refractivity contribution in [3.05, 3.63) is 203 Å². The van der Waals surface area contributed by atoms with E-state index in [4.69, 9.17) is 0 Å². The maximum Gasteiger partial charge on any atom is -0.0000998 e. The van der Waals surface area contributed by atoms with Gasteiger partial charge in [0.2, 0.25) is 0 Å². The summed E-state index contributed by atoms with van der Waals surface area (Å²) in [6.07, 6.45) is 1.87. The Morgan fingerprint density at radius 3 is 1.42 bits per heavy atom. The molecule has 10 rings (SSSR count). The summed E-state index contributed by atoms with van der Waals surface area (Å²) in [5.74, 6) is 0. The van der Waals surface area contributed by atoms with E-state index < -0.39 is 0 Å². The van der Waals surface area contributed by atoms with E-state index in [-0.39, 0.29) is 0 Å². The van der Waals surface area contributed by atoms with Crippen LogP contribution in [0.3, 0.4) is 0 Å². The Balaban J connectivity index is 1.36. The summed E-state index contributed by atoms with van der Waals surface area (Å²) >= 11 is 0. The second-order valence-electron chi connectivity index (χ2n) is 13.1. The fraction of sp³-hybridized carbons (Fsp3) is 0.0417. The van der Waals surface area contributed by atoms with E-state index >= 15 is 0 Å². The Kier molecular flexibility index (Phi) is 6.11. The first-order valence-electron chi connectivity index (χ1n) is 17.0. The zero-order valence-corrected chi connectivity index (χ0v) is 26.6. The van der Waals surface area contributed by atoms with Gasteiger partial charge in [-0.25, -0.2) is 0 Å². The predicted molar refractivity (Wildman–Crippen MR) is 203 cm³/mol. The largest absolute Gasteiger partial charge is 0.0622 e. The van der Waals surface area contributed by atoms with Crippen LogP contribution in [0.5, 0.6) is 0 Å². The van der Waals surface area contributed by atoms with Crippen LogP contribution < -0.4 is 0 Å². The van der Waals surface area contributed by atoms with Crippen molar-refractivity contribution in [2.75, 3.05) is 0 Å². The number of rotatable bonds is 4. The molecule has 0 aliphatic heterocycles. The lowest BCUT2D eigenvalue weighted by Crippen LogP contribution is -1.98. The Morgan fingerprint density at radius 2 is 0.792 bits per heavy atom. The zero-order chi connectivity index (χ0) is 31.6. The normalized spacial score (nSPS) is 13.2. The highest BCUT2D eigenvalue weighted by atomic mass is 14.4. The highest BCUT2D eigenvalue weighted by Crippen LogP contribution is 2.54. The first kappa shape index (κ1) is 27.2. The molecule has 0 saturated heterocycles. The van der Waals surface area contributed by atoms with Crippen LogP contribution in [0.25, 0.3) is 66.1 Å². The van der Waals surface area contributed by atoms with Crippen LogP contribution in [0.15, 0.2) is 170 Å². The summed E-state index contributed by atoms with van der Waals surface area (Å²) in [5.41, 5.74) is 19.2. The summed E-state index contributed by atoms with van der Waals surface area (Å²) in [6.45, 7) is 0. The molecule has 0 atom stereocenters. The van der Waals surface area contributed by atoms with Gasteiger partial charge in [-0.3, -0.25) is 0 Å². The standard InChI is InChI=1S/C48H32/c1-4-16-31(17-5-1)40-29-43-42(46(40)33-20-8-3-9-21-33)30-44(41-28-34-22-10-11-23-35(34)47(41)43)48-38-26-14-12-24-36(38)45(32-18-6-2-7-19-32)37-25-13-15-27-39(37)48/h1-27,30H,28-29H2. The van der Waals surface area contributed by atoms with Gasteiger partial charge < -0.3 is 0 Å². The minimum Gasteiger partial charge on any atom is -0.0622 e. The van der Waals surface area contributed by atoms with Gasteiger partial charge in [0.1, 0.15) is 0 Å². The van der Waals surface area contributed by atoms with E-state index in [2.05, 4.69) is 170 Å². The first-order valence-corrected chi connectivity index (χ1v) is 17.0. The van der Waals surface area contributed by atoms with Crippen molar-refractivity contribution in [3.63, 3.8) is 0 Å². The van der Waals surface area contributed by atoms with E-state index in [1.807, 2.05) is 0 Å². The number of fused-ring (bicyclic) bond motifs is 7. The van der Waals surface area contributed by atoms with Crippen LogP contribution in [0.2, 0.25) is 0 Å². The predicted octanol–water partition coefficient (Wildman–Crippen LogP) is 12.4. The van der Waals surface area contributed by atoms with Gasteiger partial charge in [-0.2, -0.15) is 0 Å². The lowest BCUT2D eigenvalue weighted by molar-refractivity contribution is 1.25. The molecule has 0 unspecified atom stereocenters. The van der Waals surface area contributed by atoms with E-state index in [1.165, 1.54) is 99.5 Å². The number of hydrogen-bond acceptors (Lipinski definition) is 0. The molecule has 0 fully saturated rings. The van der Waals surface area contributed by atoms with Crippen LogP contribution in [0.1, 0.15) is 33.4 Å². The average molecular weight is 609 g/mol. The van der Waals surface area contributed by atoms with Gasteiger partial charge >= 0.3 is 0 Å². The van der Waals surface area contributed by atoms with Crippen LogP contribution in [-0.2, 0) is 12.8 Å². The molecule has 0 heterocycles. The van der Waals surface area contributed by atoms with Crippen LogP contribution >= 0.6 is 0 Å². The van der Waals surface area contributed by atoms with E-state index in [9.17, 15) is 0 Å². The van der Waals surface area contributed by atoms with E-state index in [0.29, 0.717) is 0 Å². The second-order valence-corrected chi connectivity index (χ2v) is 13.1. The third-order valence-corrected chi connectivity index (χ3v) is 10.6. The summed E-state index contributed by atoms with van der Waals surface area (Å²) in [4.78, 5) is 0. The lowest BCUT2D eigenvalue weighted by Gasteiger charge is -2.21. The van der Waals surface area contributed by atoms with Crippen molar-refractivity contribution in [1.29, 1.82) is 0 Å². The molecule has 0 radical (unpaired) electrons. The monoisotopic (exact) mass is 608 g/mol. The molecule has 2 aliphatic rings. The molecule has 0 heteroatoms. The third kappa shape index (κ3) is 4.03. The molecule has 0 saturated carbocycles. The smallest absolute Gasteiger partial charge is 0.0000998 e. The fourth-order valence-electron chi connectivity index (χ4n) is 8.60. The SMILES string of the molecule is c1ccc(C2=C(c3ccccc3)c3cc(-c4c5ccccc5c(-c5ccccc5)c5ccccc45)c4c(c3C2)-c2ccccc2C4)cc1. The number of hydrogen-bond donors (Lipinski definition) is 0. The Hall–Kier alpha value is -5.98. The first-order chi connectivity index (χ1) is 23.8. The highest BCUT2D eigenvalue weighted by molar-refractivity contribution is 6.22. The van der Waals surface area contributed by atoms with Crippen molar-refractivity contribution in [1.82, 2.24) is 0 Å². The number of benzene rings is 8. The second kappa shape index (κ2) is 10.8. The molecule has 2 aliphatic carbocycles. The molecule has 0 amide bonds. The summed E-state index contributed by atoms with van der Waals surface area (Å²) < 4.78 is 0. The summed E-state index contributed by atoms with van der Waals surface area (Å²) in [6, 6.07) is 62.8. The van der Waals surface area contributed by atoms with Crippen molar-refractivity contribution in [3.8, 4) is 33.4 Å². The maximum atomic E-state index is 2.56. The van der Waals surface area contributed by atoms with E-state index in [1.54, 1.807) is 0 Å². The Morgan fingerprint density at radius 1 is 0.312 bits per heavy atom. The molecule has 0 aromatic heterocycles. The minimum absolute atomic E-state index is 0.926. The van der Waals surface area contributed by atoms with Crippen molar-refractivity contribution >= 4 is 32.7 Å². The quantitative estimate of drug-likeness (QED) is 0.174. The van der Waals surface area contributed by atoms with Crippen molar-refractivity contribution in [2.24, 2.45) is 0 Å². The Bertz CT molecular complexity index is 2510. The summed E-state index contributed by atoms with van der Waals surface area (Å²) in [7, 11) is 0. The molecule has 0 nitrogen and oxygen atoms in total. The van der Waals surface area contributed by atoms with Crippen LogP contribution in [0.4, 0.5) is 0 Å². The minimum atomic E-state index is 0.926. The molecular formula is C48H32. The van der Waals surface area contributed by atoms with Gasteiger partial charge in [-0.1, -0.05) is 164 Å². The maximum absolute atomic E-state index is 2.56. The topological polar surface area (TPSA) is 0 Å². The van der Waals surface area contributed by atoms with Crippen molar-refractivity contribution in [2.45, 2.75) is 12.8 Å². The summed E-state index contributed by atoms with van der Waals surface area (Å²) in [5, 5.41) is 5.20. The third-order valence-electron chi connectivity index (χ3n) is 10.6. The van der Waals surface area contributed by atoms with Crippen molar-refractivity contribution < 1.29 is 0 Å². The average Bonchev–Trinajstić information content (AvgIpc) is 3.74. The van der Waals surface area contributed by atoms with Gasteiger partial charge in [0.25, 0.3) is 0 Å². The number of allylic oxidation sites excluding steroid dienone is 1. The lowest BCUT2D eigenvalue weighted by atomic mass is 9.81. The van der Waals surface area contributed by atoms with Gasteiger partial charge in [-0.05, 0) is 118 Å². The van der Waals surface area contributed by atoms with Gasteiger partial charge in [0.05, 0.1) is 0 Å². The molecule has 0 N–H and O–H groups in total. The Labute approximate surface area is 281 Å². The van der Waals surface area contributed by atoms with Gasteiger partial charge in [0.15, 0.2) is 0 Å². The molecule has 0 spiro atoms. The van der Waals surface area contributed by atoms with Crippen LogP contribution in [-0.4, -0.2) is 0 Å². The molecule has 8 aromatic rings. The van der Waals surface area contributed by atoms with Gasteiger partial charge in [0, 0.05) is 0 Å². The molecule has 224 valence electrons.